The van der Waals surface area contributed by atoms with Gasteiger partial charge in [0.25, 0.3) is 5.56 Å². The lowest BCUT2D eigenvalue weighted by molar-refractivity contribution is 0.00589. The van der Waals surface area contributed by atoms with E-state index in [4.69, 9.17) is 9.47 Å². The zero-order valence-corrected chi connectivity index (χ0v) is 19.5. The van der Waals surface area contributed by atoms with Gasteiger partial charge in [0.05, 0.1) is 13.2 Å². The molecule has 4 aliphatic heterocycles. The standard InChI is InChI=1S/C27H35N3O3/c31-27-25(24-4-2-1-3-21(24)18-28-9-13-33-14-10-28)5-6-26-22-15-20(17-30(26)27)16-29(19-22)23-7-11-32-12-8-23/h1-6,20,22-23H,7-19H2/t20-,22-/m1/s1. The molecule has 1 aromatic carbocycles. The maximum absolute atomic E-state index is 13.8. The third-order valence-corrected chi connectivity index (χ3v) is 8.14. The highest BCUT2D eigenvalue weighted by molar-refractivity contribution is 5.66. The molecule has 4 aliphatic rings. The zero-order valence-electron chi connectivity index (χ0n) is 19.5. The van der Waals surface area contributed by atoms with E-state index in [-0.39, 0.29) is 5.56 Å². The lowest BCUT2D eigenvalue weighted by atomic mass is 9.81. The maximum atomic E-state index is 13.8. The van der Waals surface area contributed by atoms with Gasteiger partial charge in [0, 0.05) is 75.7 Å². The molecule has 2 atom stereocenters. The molecule has 6 nitrogen and oxygen atoms in total. The summed E-state index contributed by atoms with van der Waals surface area (Å²) in [6.45, 7) is 9.16. The number of nitrogens with zero attached hydrogens (tertiary/aromatic N) is 3. The van der Waals surface area contributed by atoms with Crippen molar-refractivity contribution in [3.63, 3.8) is 0 Å². The van der Waals surface area contributed by atoms with Crippen molar-refractivity contribution in [1.82, 2.24) is 14.4 Å². The fraction of sp³-hybridized carbons (Fsp3) is 0.593. The SMILES string of the molecule is O=c1c(-c2ccccc2CN2CCOCC2)ccc2n1C[C@@H]1C[C@@H]2CN(C2CCOCC2)C1. The summed E-state index contributed by atoms with van der Waals surface area (Å²) in [6.07, 6.45) is 3.50. The first-order chi connectivity index (χ1) is 16.3. The third kappa shape index (κ3) is 4.30. The van der Waals surface area contributed by atoms with Crippen LogP contribution in [0, 0.1) is 5.92 Å². The highest BCUT2D eigenvalue weighted by Crippen LogP contribution is 2.37. The van der Waals surface area contributed by atoms with Crippen LogP contribution in [-0.4, -0.2) is 73.0 Å². The van der Waals surface area contributed by atoms with Gasteiger partial charge in [-0.3, -0.25) is 14.6 Å². The molecule has 0 amide bonds. The summed E-state index contributed by atoms with van der Waals surface area (Å²) in [5.41, 5.74) is 4.60. The fourth-order valence-electron chi connectivity index (χ4n) is 6.46. The molecule has 6 heteroatoms. The van der Waals surface area contributed by atoms with Crippen LogP contribution in [0.3, 0.4) is 0 Å². The van der Waals surface area contributed by atoms with Gasteiger partial charge in [0.1, 0.15) is 0 Å². The number of fused-ring (bicyclic) bond motifs is 4. The molecular formula is C27H35N3O3. The molecular weight excluding hydrogens is 414 g/mol. The number of pyridine rings is 1. The van der Waals surface area contributed by atoms with Crippen LogP contribution in [-0.2, 0) is 22.6 Å². The topological polar surface area (TPSA) is 46.9 Å². The Morgan fingerprint density at radius 3 is 2.48 bits per heavy atom. The third-order valence-electron chi connectivity index (χ3n) is 8.14. The number of piperidine rings is 1. The molecule has 2 aromatic rings. The molecule has 0 N–H and O–H groups in total. The van der Waals surface area contributed by atoms with Gasteiger partial charge in [-0.2, -0.15) is 0 Å². The molecule has 0 radical (unpaired) electrons. The van der Waals surface area contributed by atoms with E-state index in [2.05, 4.69) is 50.8 Å². The second kappa shape index (κ2) is 9.34. The van der Waals surface area contributed by atoms with Gasteiger partial charge < -0.3 is 14.0 Å². The summed E-state index contributed by atoms with van der Waals surface area (Å²) in [5, 5.41) is 0. The number of rotatable bonds is 4. The van der Waals surface area contributed by atoms with Crippen molar-refractivity contribution in [2.75, 3.05) is 52.6 Å². The molecule has 6 rings (SSSR count). The van der Waals surface area contributed by atoms with Gasteiger partial charge in [0.2, 0.25) is 0 Å². The van der Waals surface area contributed by atoms with Crippen LogP contribution in [0.1, 0.15) is 36.4 Å². The minimum atomic E-state index is 0.191. The van der Waals surface area contributed by atoms with E-state index in [9.17, 15) is 4.79 Å². The molecule has 33 heavy (non-hydrogen) atoms. The van der Waals surface area contributed by atoms with Crippen molar-refractivity contribution in [2.24, 2.45) is 5.92 Å². The number of aromatic nitrogens is 1. The summed E-state index contributed by atoms with van der Waals surface area (Å²) in [5.74, 6) is 1.03. The Kier molecular flexibility index (Phi) is 6.09. The summed E-state index contributed by atoms with van der Waals surface area (Å²) in [7, 11) is 0. The number of benzene rings is 1. The highest BCUT2D eigenvalue weighted by Gasteiger charge is 2.37. The Labute approximate surface area is 196 Å². The monoisotopic (exact) mass is 449 g/mol. The van der Waals surface area contributed by atoms with Gasteiger partial charge in [0.15, 0.2) is 0 Å². The molecule has 1 aromatic heterocycles. The van der Waals surface area contributed by atoms with E-state index in [1.54, 1.807) is 0 Å². The van der Waals surface area contributed by atoms with E-state index in [1.807, 2.05) is 0 Å². The molecule has 3 saturated heterocycles. The number of ether oxygens (including phenoxy) is 2. The van der Waals surface area contributed by atoms with Crippen LogP contribution in [0.15, 0.2) is 41.2 Å². The molecule has 0 aliphatic carbocycles. The summed E-state index contributed by atoms with van der Waals surface area (Å²) < 4.78 is 13.2. The molecule has 0 saturated carbocycles. The molecule has 3 fully saturated rings. The highest BCUT2D eigenvalue weighted by atomic mass is 16.5. The first-order valence-electron chi connectivity index (χ1n) is 12.7. The number of morpholine rings is 1. The lowest BCUT2D eigenvalue weighted by Crippen LogP contribution is -2.51. The van der Waals surface area contributed by atoms with Crippen molar-refractivity contribution < 1.29 is 9.47 Å². The van der Waals surface area contributed by atoms with E-state index < -0.39 is 0 Å². The normalized spacial score (nSPS) is 26.8. The van der Waals surface area contributed by atoms with Crippen LogP contribution in [0.4, 0.5) is 0 Å². The molecule has 5 heterocycles. The summed E-state index contributed by atoms with van der Waals surface area (Å²) in [4.78, 5) is 18.9. The Hall–Kier alpha value is -1.99. The molecule has 0 spiro atoms. The second-order valence-electron chi connectivity index (χ2n) is 10.2. The molecule has 0 unspecified atom stereocenters. The minimum Gasteiger partial charge on any atom is -0.381 e. The Morgan fingerprint density at radius 1 is 0.848 bits per heavy atom. The van der Waals surface area contributed by atoms with E-state index >= 15 is 0 Å². The average Bonchev–Trinajstić information content (AvgIpc) is 2.86. The van der Waals surface area contributed by atoms with Gasteiger partial charge in [-0.05, 0) is 48.4 Å². The van der Waals surface area contributed by atoms with Crippen molar-refractivity contribution in [3.05, 3.63) is 58.0 Å². The van der Waals surface area contributed by atoms with Gasteiger partial charge in [-0.15, -0.1) is 0 Å². The summed E-state index contributed by atoms with van der Waals surface area (Å²) in [6, 6.07) is 13.4. The fourth-order valence-corrected chi connectivity index (χ4v) is 6.46. The van der Waals surface area contributed by atoms with Gasteiger partial charge in [-0.25, -0.2) is 0 Å². The Bertz CT molecular complexity index is 1040. The predicted octanol–water partition coefficient (Wildman–Crippen LogP) is 2.95. The average molecular weight is 450 g/mol. The van der Waals surface area contributed by atoms with Crippen LogP contribution < -0.4 is 5.56 Å². The van der Waals surface area contributed by atoms with E-state index in [0.29, 0.717) is 17.9 Å². The van der Waals surface area contributed by atoms with Crippen molar-refractivity contribution in [3.8, 4) is 11.1 Å². The predicted molar refractivity (Wildman–Crippen MR) is 128 cm³/mol. The Morgan fingerprint density at radius 2 is 1.64 bits per heavy atom. The van der Waals surface area contributed by atoms with Crippen LogP contribution in [0.5, 0.6) is 0 Å². The Balaban J connectivity index is 1.28. The van der Waals surface area contributed by atoms with Crippen LogP contribution in [0.25, 0.3) is 11.1 Å². The number of hydrogen-bond acceptors (Lipinski definition) is 5. The molecule has 176 valence electrons. The zero-order chi connectivity index (χ0) is 22.2. The van der Waals surface area contributed by atoms with Crippen molar-refractivity contribution >= 4 is 0 Å². The number of likely N-dealkylation sites (tertiary alicyclic amines) is 1. The summed E-state index contributed by atoms with van der Waals surface area (Å²) >= 11 is 0. The van der Waals surface area contributed by atoms with Crippen molar-refractivity contribution in [1.29, 1.82) is 0 Å². The lowest BCUT2D eigenvalue weighted by Gasteiger charge is -2.46. The van der Waals surface area contributed by atoms with Crippen LogP contribution in [0.2, 0.25) is 0 Å². The quantitative estimate of drug-likeness (QED) is 0.718. The van der Waals surface area contributed by atoms with Crippen LogP contribution >= 0.6 is 0 Å². The van der Waals surface area contributed by atoms with Crippen molar-refractivity contribution in [2.45, 2.75) is 44.3 Å². The van der Waals surface area contributed by atoms with Gasteiger partial charge in [-0.1, -0.05) is 24.3 Å². The molecule has 2 bridgehead atoms. The number of hydrogen-bond donors (Lipinski definition) is 0. The van der Waals surface area contributed by atoms with Gasteiger partial charge >= 0.3 is 0 Å². The van der Waals surface area contributed by atoms with E-state index in [1.165, 1.54) is 17.7 Å². The second-order valence-corrected chi connectivity index (χ2v) is 10.2. The minimum absolute atomic E-state index is 0.191. The first kappa shape index (κ1) is 21.5. The smallest absolute Gasteiger partial charge is 0.258 e. The first-order valence-corrected chi connectivity index (χ1v) is 12.7. The largest absolute Gasteiger partial charge is 0.381 e. The van der Waals surface area contributed by atoms with E-state index in [0.717, 1.165) is 89.7 Å². The maximum Gasteiger partial charge on any atom is 0.258 e.